The lowest BCUT2D eigenvalue weighted by molar-refractivity contribution is 0.175. The van der Waals surface area contributed by atoms with E-state index in [9.17, 15) is 0 Å². The van der Waals surface area contributed by atoms with Crippen molar-refractivity contribution in [2.24, 2.45) is 5.92 Å². The van der Waals surface area contributed by atoms with E-state index in [0.29, 0.717) is 12.1 Å². The van der Waals surface area contributed by atoms with Gasteiger partial charge in [-0.25, -0.2) is 0 Å². The van der Waals surface area contributed by atoms with E-state index in [-0.39, 0.29) is 0 Å². The maximum atomic E-state index is 3.53. The Hall–Kier alpha value is -0.0800. The zero-order valence-corrected chi connectivity index (χ0v) is 11.5. The van der Waals surface area contributed by atoms with Crippen LogP contribution >= 0.6 is 0 Å². The molecular weight excluding hydrogens is 184 g/mol. The van der Waals surface area contributed by atoms with Crippen LogP contribution in [0.5, 0.6) is 0 Å². The van der Waals surface area contributed by atoms with E-state index in [0.717, 1.165) is 25.6 Å². The molecule has 0 bridgehead atoms. The van der Waals surface area contributed by atoms with E-state index in [1.807, 2.05) is 0 Å². The van der Waals surface area contributed by atoms with Gasteiger partial charge in [0.05, 0.1) is 0 Å². The normalized spacial score (nSPS) is 14.2. The average Bonchev–Trinajstić information content (AvgIpc) is 2.15. The Bertz CT molecular complexity index is 135. The fourth-order valence-corrected chi connectivity index (χ4v) is 1.81. The van der Waals surface area contributed by atoms with Crippen LogP contribution in [0.3, 0.4) is 0 Å². The molecule has 2 heteroatoms. The Morgan fingerprint density at radius 2 is 1.53 bits per heavy atom. The van der Waals surface area contributed by atoms with Crippen molar-refractivity contribution >= 4 is 0 Å². The molecule has 0 unspecified atom stereocenters. The minimum Gasteiger partial charge on any atom is -0.315 e. The summed E-state index contributed by atoms with van der Waals surface area (Å²) in [5, 5.41) is 3.53. The molecule has 15 heavy (non-hydrogen) atoms. The van der Waals surface area contributed by atoms with E-state index in [1.165, 1.54) is 6.42 Å². The molecule has 0 aromatic heterocycles. The smallest absolute Gasteiger partial charge is 0.0112 e. The van der Waals surface area contributed by atoms with Gasteiger partial charge in [-0.1, -0.05) is 20.3 Å². The first-order valence-corrected chi connectivity index (χ1v) is 6.45. The summed E-state index contributed by atoms with van der Waals surface area (Å²) in [7, 11) is 0. The molecule has 0 fully saturated rings. The van der Waals surface area contributed by atoms with Gasteiger partial charge in [0.15, 0.2) is 0 Å². The number of hydrogen-bond donors (Lipinski definition) is 1. The Morgan fingerprint density at radius 1 is 1.00 bits per heavy atom. The minimum absolute atomic E-state index is 0.649. The minimum atomic E-state index is 0.649. The lowest BCUT2D eigenvalue weighted by atomic mass is 10.1. The first-order valence-electron chi connectivity index (χ1n) is 6.45. The average molecular weight is 214 g/mol. The number of nitrogens with zero attached hydrogens (tertiary/aromatic N) is 1. The largest absolute Gasteiger partial charge is 0.315 e. The highest BCUT2D eigenvalue weighted by molar-refractivity contribution is 4.68. The Labute approximate surface area is 96.4 Å². The second kappa shape index (κ2) is 8.12. The molecule has 0 aromatic carbocycles. The highest BCUT2D eigenvalue weighted by Gasteiger charge is 2.12. The van der Waals surface area contributed by atoms with E-state index in [1.54, 1.807) is 0 Å². The van der Waals surface area contributed by atoms with Crippen LogP contribution in [-0.2, 0) is 0 Å². The van der Waals surface area contributed by atoms with Crippen LogP contribution in [0.2, 0.25) is 0 Å². The first-order chi connectivity index (χ1) is 6.99. The summed E-state index contributed by atoms with van der Waals surface area (Å²) >= 11 is 0. The van der Waals surface area contributed by atoms with Gasteiger partial charge in [-0.3, -0.25) is 4.90 Å². The van der Waals surface area contributed by atoms with Gasteiger partial charge in [0.1, 0.15) is 0 Å². The fraction of sp³-hybridized carbons (Fsp3) is 1.00. The summed E-state index contributed by atoms with van der Waals surface area (Å²) < 4.78 is 0. The molecule has 0 rings (SSSR count). The molecule has 1 N–H and O–H groups in total. The van der Waals surface area contributed by atoms with Gasteiger partial charge < -0.3 is 5.32 Å². The molecule has 0 spiro atoms. The first kappa shape index (κ1) is 14.9. The molecule has 0 radical (unpaired) electrons. The quantitative estimate of drug-likeness (QED) is 0.625. The predicted molar refractivity (Wildman–Crippen MR) is 69.3 cm³/mol. The van der Waals surface area contributed by atoms with Gasteiger partial charge in [0.2, 0.25) is 0 Å². The van der Waals surface area contributed by atoms with Crippen molar-refractivity contribution in [3.8, 4) is 0 Å². The van der Waals surface area contributed by atoms with Gasteiger partial charge in [-0.2, -0.15) is 0 Å². The Morgan fingerprint density at radius 3 is 1.93 bits per heavy atom. The van der Waals surface area contributed by atoms with Crippen LogP contribution < -0.4 is 5.32 Å². The number of nitrogens with one attached hydrogen (secondary N) is 1. The second-order valence-electron chi connectivity index (χ2n) is 5.14. The van der Waals surface area contributed by atoms with Crippen molar-refractivity contribution < 1.29 is 0 Å². The molecule has 0 amide bonds. The van der Waals surface area contributed by atoms with Gasteiger partial charge in [-0.15, -0.1) is 0 Å². The number of rotatable bonds is 8. The van der Waals surface area contributed by atoms with Crippen LogP contribution in [0.4, 0.5) is 0 Å². The third-order valence-corrected chi connectivity index (χ3v) is 3.06. The lowest BCUT2D eigenvalue weighted by Gasteiger charge is -2.30. The van der Waals surface area contributed by atoms with Gasteiger partial charge in [-0.05, 0) is 40.2 Å². The van der Waals surface area contributed by atoms with Crippen LogP contribution in [0.25, 0.3) is 0 Å². The molecule has 0 saturated carbocycles. The Kier molecular flexibility index (Phi) is 8.07. The summed E-state index contributed by atoms with van der Waals surface area (Å²) in [5.74, 6) is 0.802. The molecule has 0 saturated heterocycles. The van der Waals surface area contributed by atoms with E-state index < -0.39 is 0 Å². The zero-order valence-electron chi connectivity index (χ0n) is 11.5. The van der Waals surface area contributed by atoms with Crippen molar-refractivity contribution in [1.82, 2.24) is 10.2 Å². The van der Waals surface area contributed by atoms with Crippen LogP contribution in [-0.4, -0.2) is 36.6 Å². The highest BCUT2D eigenvalue weighted by Crippen LogP contribution is 2.03. The Balaban J connectivity index is 3.63. The summed E-state index contributed by atoms with van der Waals surface area (Å²) in [6.45, 7) is 17.1. The monoisotopic (exact) mass is 214 g/mol. The van der Waals surface area contributed by atoms with E-state index >= 15 is 0 Å². The van der Waals surface area contributed by atoms with Gasteiger partial charge in [0, 0.05) is 25.2 Å². The molecule has 1 atom stereocenters. The molecular formula is C13H30N2. The molecule has 0 aliphatic rings. The van der Waals surface area contributed by atoms with Crippen molar-refractivity contribution in [2.75, 3.05) is 19.6 Å². The van der Waals surface area contributed by atoms with Crippen molar-refractivity contribution in [1.29, 1.82) is 0 Å². The molecule has 0 heterocycles. The van der Waals surface area contributed by atoms with E-state index in [4.69, 9.17) is 0 Å². The van der Waals surface area contributed by atoms with Crippen molar-refractivity contribution in [3.63, 3.8) is 0 Å². The predicted octanol–water partition coefficient (Wildman–Crippen LogP) is 2.74. The van der Waals surface area contributed by atoms with Crippen molar-refractivity contribution in [3.05, 3.63) is 0 Å². The zero-order chi connectivity index (χ0) is 11.8. The number of hydrogen-bond acceptors (Lipinski definition) is 2. The molecule has 0 aromatic rings. The van der Waals surface area contributed by atoms with Crippen LogP contribution in [0, 0.1) is 5.92 Å². The maximum Gasteiger partial charge on any atom is 0.0112 e. The third-order valence-electron chi connectivity index (χ3n) is 3.06. The third kappa shape index (κ3) is 6.91. The maximum absolute atomic E-state index is 3.53. The van der Waals surface area contributed by atoms with Gasteiger partial charge in [0.25, 0.3) is 0 Å². The molecule has 0 aliphatic carbocycles. The molecule has 0 aliphatic heterocycles. The highest BCUT2D eigenvalue weighted by atomic mass is 15.2. The molecule has 2 nitrogen and oxygen atoms in total. The molecule has 92 valence electrons. The summed E-state index contributed by atoms with van der Waals surface area (Å²) in [4.78, 5) is 2.53. The van der Waals surface area contributed by atoms with Gasteiger partial charge >= 0.3 is 0 Å². The summed E-state index contributed by atoms with van der Waals surface area (Å²) in [6, 6.07) is 1.30. The SMILES string of the molecule is CC[C@@H](C)CNCCN(C(C)C)C(C)C. The fourth-order valence-electron chi connectivity index (χ4n) is 1.81. The van der Waals surface area contributed by atoms with Crippen LogP contribution in [0.15, 0.2) is 0 Å². The topological polar surface area (TPSA) is 15.3 Å². The van der Waals surface area contributed by atoms with Crippen LogP contribution in [0.1, 0.15) is 48.0 Å². The lowest BCUT2D eigenvalue weighted by Crippen LogP contribution is -2.42. The summed E-state index contributed by atoms with van der Waals surface area (Å²) in [5.41, 5.74) is 0. The van der Waals surface area contributed by atoms with E-state index in [2.05, 4.69) is 51.8 Å². The standard InChI is InChI=1S/C13H30N2/c1-7-13(6)10-14-8-9-15(11(2)3)12(4)5/h11-14H,7-10H2,1-6H3/t13-/m1/s1. The van der Waals surface area contributed by atoms with Crippen molar-refractivity contribution in [2.45, 2.75) is 60.0 Å². The second-order valence-corrected chi connectivity index (χ2v) is 5.14. The summed E-state index contributed by atoms with van der Waals surface area (Å²) in [6.07, 6.45) is 1.27.